The van der Waals surface area contributed by atoms with Gasteiger partial charge in [0.1, 0.15) is 5.76 Å². The first-order valence-electron chi connectivity index (χ1n) is 9.19. The van der Waals surface area contributed by atoms with E-state index in [9.17, 15) is 4.79 Å². The van der Waals surface area contributed by atoms with Gasteiger partial charge in [-0.1, -0.05) is 24.3 Å². The van der Waals surface area contributed by atoms with Crippen LogP contribution in [0.4, 0.5) is 0 Å². The Bertz CT molecular complexity index is 916. The summed E-state index contributed by atoms with van der Waals surface area (Å²) in [5, 5.41) is 4.16. The average Bonchev–Trinajstić information content (AvgIpc) is 3.34. The van der Waals surface area contributed by atoms with Crippen LogP contribution < -0.4 is 0 Å². The fourth-order valence-corrected chi connectivity index (χ4v) is 3.64. The van der Waals surface area contributed by atoms with Gasteiger partial charge in [0.15, 0.2) is 5.76 Å². The highest BCUT2D eigenvalue weighted by Gasteiger charge is 2.26. The summed E-state index contributed by atoms with van der Waals surface area (Å²) >= 11 is 0. The summed E-state index contributed by atoms with van der Waals surface area (Å²) in [6, 6.07) is 14.3. The topological polar surface area (TPSA) is 54.5 Å². The lowest BCUT2D eigenvalue weighted by molar-refractivity contribution is 0.0700. The Kier molecular flexibility index (Phi) is 4.81. The van der Waals surface area contributed by atoms with E-state index in [0.717, 1.165) is 18.7 Å². The molecule has 1 aromatic carbocycles. The van der Waals surface area contributed by atoms with E-state index in [4.69, 9.17) is 4.42 Å². The number of carbonyl (C=O) groups excluding carboxylic acids is 1. The van der Waals surface area contributed by atoms with Crippen molar-refractivity contribution in [3.63, 3.8) is 0 Å². The van der Waals surface area contributed by atoms with E-state index in [-0.39, 0.29) is 5.91 Å². The van der Waals surface area contributed by atoms with Crippen LogP contribution in [0.25, 0.3) is 0 Å². The molecule has 2 aromatic heterocycles. The summed E-state index contributed by atoms with van der Waals surface area (Å²) in [7, 11) is 3.96. The van der Waals surface area contributed by atoms with Crippen LogP contribution >= 0.6 is 0 Å². The Labute approximate surface area is 159 Å². The van der Waals surface area contributed by atoms with E-state index in [2.05, 4.69) is 41.3 Å². The van der Waals surface area contributed by atoms with E-state index in [1.165, 1.54) is 11.1 Å². The van der Waals surface area contributed by atoms with Gasteiger partial charge in [-0.3, -0.25) is 14.4 Å². The normalized spacial score (nSPS) is 16.9. The Balaban J connectivity index is 1.40. The number of hydrogen-bond acceptors (Lipinski definition) is 4. The molecule has 3 heterocycles. The number of furan rings is 1. The number of nitrogens with zero attached hydrogens (tertiary/aromatic N) is 4. The number of carbonyl (C=O) groups is 1. The number of benzene rings is 1. The van der Waals surface area contributed by atoms with Gasteiger partial charge >= 0.3 is 0 Å². The predicted molar refractivity (Wildman–Crippen MR) is 102 cm³/mol. The van der Waals surface area contributed by atoms with Gasteiger partial charge in [0.2, 0.25) is 0 Å². The van der Waals surface area contributed by atoms with Gasteiger partial charge in [-0.25, -0.2) is 0 Å². The second kappa shape index (κ2) is 7.40. The van der Waals surface area contributed by atoms with E-state index < -0.39 is 0 Å². The maximum Gasteiger partial charge on any atom is 0.289 e. The number of aromatic nitrogens is 2. The lowest BCUT2D eigenvalue weighted by atomic mass is 9.94. The van der Waals surface area contributed by atoms with Crippen molar-refractivity contribution in [2.75, 3.05) is 20.6 Å². The molecule has 1 aliphatic heterocycles. The van der Waals surface area contributed by atoms with E-state index >= 15 is 0 Å². The standard InChI is InChI=1S/C21H24N4O2/c1-23-13-17-7-4-3-6-16(17)12-18(23)14-24(2)21(26)20-9-8-19(27-20)15-25-11-5-10-22-25/h3-11,18H,12-15H2,1-2H3/t18-/m1/s1. The predicted octanol–water partition coefficient (Wildman–Crippen LogP) is 2.65. The largest absolute Gasteiger partial charge is 0.454 e. The molecule has 1 amide bonds. The van der Waals surface area contributed by atoms with Gasteiger partial charge in [-0.15, -0.1) is 0 Å². The van der Waals surface area contributed by atoms with Crippen LogP contribution in [0.5, 0.6) is 0 Å². The molecule has 0 radical (unpaired) electrons. The van der Waals surface area contributed by atoms with Crippen LogP contribution in [-0.2, 0) is 19.5 Å². The molecule has 0 fully saturated rings. The molecule has 3 aromatic rings. The number of amides is 1. The maximum atomic E-state index is 12.8. The number of likely N-dealkylation sites (N-methyl/N-ethyl adjacent to an activating group) is 2. The van der Waals surface area contributed by atoms with Crippen LogP contribution in [0, 0.1) is 0 Å². The molecule has 0 bridgehead atoms. The van der Waals surface area contributed by atoms with Gasteiger partial charge in [-0.2, -0.15) is 5.10 Å². The lowest BCUT2D eigenvalue weighted by Crippen LogP contribution is -2.46. The molecule has 0 saturated carbocycles. The minimum Gasteiger partial charge on any atom is -0.454 e. The highest BCUT2D eigenvalue weighted by Crippen LogP contribution is 2.22. The molecular formula is C21H24N4O2. The second-order valence-electron chi connectivity index (χ2n) is 7.20. The van der Waals surface area contributed by atoms with E-state index in [1.807, 2.05) is 25.4 Å². The summed E-state index contributed by atoms with van der Waals surface area (Å²) < 4.78 is 7.52. The average molecular weight is 364 g/mol. The smallest absolute Gasteiger partial charge is 0.289 e. The van der Waals surface area contributed by atoms with E-state index in [1.54, 1.807) is 21.8 Å². The minimum absolute atomic E-state index is 0.0889. The molecule has 0 aliphatic carbocycles. The number of fused-ring (bicyclic) bond motifs is 1. The van der Waals surface area contributed by atoms with Crippen LogP contribution in [0.2, 0.25) is 0 Å². The Morgan fingerprint density at radius 1 is 1.22 bits per heavy atom. The maximum absolute atomic E-state index is 12.8. The van der Waals surface area contributed by atoms with Crippen molar-refractivity contribution in [3.05, 3.63) is 77.5 Å². The second-order valence-corrected chi connectivity index (χ2v) is 7.20. The van der Waals surface area contributed by atoms with Crippen molar-refractivity contribution < 1.29 is 9.21 Å². The Morgan fingerprint density at radius 2 is 2.04 bits per heavy atom. The highest BCUT2D eigenvalue weighted by molar-refractivity contribution is 5.91. The van der Waals surface area contributed by atoms with Gasteiger partial charge in [0, 0.05) is 38.6 Å². The zero-order valence-electron chi connectivity index (χ0n) is 15.7. The Hall–Kier alpha value is -2.86. The van der Waals surface area contributed by atoms with Gasteiger partial charge < -0.3 is 9.32 Å². The van der Waals surface area contributed by atoms with Crippen LogP contribution in [0.15, 0.2) is 59.3 Å². The summed E-state index contributed by atoms with van der Waals surface area (Å²) in [5.74, 6) is 1.01. The summed E-state index contributed by atoms with van der Waals surface area (Å²) in [6.07, 6.45) is 4.54. The summed E-state index contributed by atoms with van der Waals surface area (Å²) in [6.45, 7) is 2.10. The fourth-order valence-electron chi connectivity index (χ4n) is 3.64. The molecule has 4 rings (SSSR count). The third-order valence-corrected chi connectivity index (χ3v) is 5.20. The van der Waals surface area contributed by atoms with E-state index in [0.29, 0.717) is 24.9 Å². The highest BCUT2D eigenvalue weighted by atomic mass is 16.4. The van der Waals surface area contributed by atoms with Crippen molar-refractivity contribution in [2.45, 2.75) is 25.6 Å². The molecule has 1 atom stereocenters. The molecule has 6 heteroatoms. The quantitative estimate of drug-likeness (QED) is 0.698. The molecule has 1 aliphatic rings. The third-order valence-electron chi connectivity index (χ3n) is 5.20. The molecule has 0 N–H and O–H groups in total. The molecule has 6 nitrogen and oxygen atoms in total. The zero-order chi connectivity index (χ0) is 18.8. The molecule has 140 valence electrons. The Morgan fingerprint density at radius 3 is 2.81 bits per heavy atom. The lowest BCUT2D eigenvalue weighted by Gasteiger charge is -2.36. The molecular weight excluding hydrogens is 340 g/mol. The monoisotopic (exact) mass is 364 g/mol. The number of rotatable bonds is 5. The third kappa shape index (κ3) is 3.80. The molecule has 0 saturated heterocycles. The minimum atomic E-state index is -0.0889. The summed E-state index contributed by atoms with van der Waals surface area (Å²) in [4.78, 5) is 16.9. The van der Waals surface area contributed by atoms with Crippen molar-refractivity contribution in [1.29, 1.82) is 0 Å². The van der Waals surface area contributed by atoms with Crippen LogP contribution in [-0.4, -0.2) is 52.2 Å². The van der Waals surface area contributed by atoms with Gasteiger partial charge in [-0.05, 0) is 42.8 Å². The van der Waals surface area contributed by atoms with Crippen LogP contribution in [0.3, 0.4) is 0 Å². The van der Waals surface area contributed by atoms with Crippen molar-refractivity contribution in [1.82, 2.24) is 19.6 Å². The molecule has 0 spiro atoms. The first-order chi connectivity index (χ1) is 13.1. The zero-order valence-corrected chi connectivity index (χ0v) is 15.7. The summed E-state index contributed by atoms with van der Waals surface area (Å²) in [5.41, 5.74) is 2.75. The molecule has 27 heavy (non-hydrogen) atoms. The SMILES string of the molecule is CN(C[C@H]1Cc2ccccc2CN1C)C(=O)c1ccc(Cn2cccn2)o1. The van der Waals surface area contributed by atoms with Crippen LogP contribution in [0.1, 0.15) is 27.4 Å². The fraction of sp³-hybridized carbons (Fsp3) is 0.333. The van der Waals surface area contributed by atoms with Gasteiger partial charge in [0.05, 0.1) is 6.54 Å². The van der Waals surface area contributed by atoms with Crippen molar-refractivity contribution >= 4 is 5.91 Å². The first-order valence-corrected chi connectivity index (χ1v) is 9.19. The number of hydrogen-bond donors (Lipinski definition) is 0. The van der Waals surface area contributed by atoms with Crippen molar-refractivity contribution in [2.24, 2.45) is 0 Å². The van der Waals surface area contributed by atoms with Crippen molar-refractivity contribution in [3.8, 4) is 0 Å². The first kappa shape index (κ1) is 17.5. The van der Waals surface area contributed by atoms with Gasteiger partial charge in [0.25, 0.3) is 5.91 Å². The molecule has 0 unspecified atom stereocenters.